The van der Waals surface area contributed by atoms with E-state index in [1.165, 1.54) is 24.5 Å². The average molecular weight is 545 g/mol. The zero-order valence-electron chi connectivity index (χ0n) is 21.2. The molecule has 198 valence electrons. The minimum absolute atomic E-state index is 0.0589. The van der Waals surface area contributed by atoms with Gasteiger partial charge < -0.3 is 9.84 Å². The van der Waals surface area contributed by atoms with Gasteiger partial charge in [0.05, 0.1) is 23.5 Å². The lowest BCUT2D eigenvalue weighted by Crippen LogP contribution is -2.34. The van der Waals surface area contributed by atoms with Crippen LogP contribution in [0.1, 0.15) is 64.3 Å². The minimum atomic E-state index is -3.38. The molecule has 0 saturated heterocycles. The van der Waals surface area contributed by atoms with Crippen LogP contribution in [-0.2, 0) is 11.3 Å². The zero-order chi connectivity index (χ0) is 26.9. The van der Waals surface area contributed by atoms with Crippen molar-refractivity contribution in [1.29, 1.82) is 0 Å². The van der Waals surface area contributed by atoms with Gasteiger partial charge in [-0.1, -0.05) is 32.0 Å². The largest absolute Gasteiger partial charge is 0.487 e. The zero-order valence-corrected chi connectivity index (χ0v) is 22.9. The molecule has 1 aliphatic heterocycles. The van der Waals surface area contributed by atoms with E-state index >= 15 is 0 Å². The van der Waals surface area contributed by atoms with Crippen molar-refractivity contribution in [3.8, 4) is 5.75 Å². The third kappa shape index (κ3) is 5.58. The highest BCUT2D eigenvalue weighted by Gasteiger charge is 2.35. The van der Waals surface area contributed by atoms with Crippen molar-refractivity contribution in [2.24, 2.45) is 5.92 Å². The molecular weight excluding hydrogens is 512 g/mol. The van der Waals surface area contributed by atoms with E-state index in [0.717, 1.165) is 21.6 Å². The molecule has 10 heteroatoms. The Morgan fingerprint density at radius 2 is 2.00 bits per heavy atom. The molecule has 4 rings (SSSR count). The SMILES string of the molecule is CCC1CN(Cc2cc(C(c3ccc(C(C)=O)s3)C(C)C(=O)O)ccc2C)S(O)(O)c2cnccc2O1. The summed E-state index contributed by atoms with van der Waals surface area (Å²) in [6.07, 6.45) is 3.44. The summed E-state index contributed by atoms with van der Waals surface area (Å²) in [7, 11) is -3.38. The Hall–Kier alpha value is -2.76. The molecule has 0 saturated carbocycles. The van der Waals surface area contributed by atoms with Crippen LogP contribution in [0.3, 0.4) is 0 Å². The summed E-state index contributed by atoms with van der Waals surface area (Å²) in [6.45, 7) is 7.63. The molecule has 3 heterocycles. The van der Waals surface area contributed by atoms with Crippen LogP contribution in [0.15, 0.2) is 53.7 Å². The van der Waals surface area contributed by atoms with Gasteiger partial charge in [0.15, 0.2) is 5.78 Å². The maximum absolute atomic E-state index is 12.1. The Bertz CT molecular complexity index is 1310. The number of carbonyl (C=O) groups is 2. The van der Waals surface area contributed by atoms with Crippen LogP contribution >= 0.6 is 22.1 Å². The van der Waals surface area contributed by atoms with Crippen LogP contribution in [0.5, 0.6) is 5.75 Å². The number of aryl methyl sites for hydroxylation is 1. The number of aromatic nitrogens is 1. The van der Waals surface area contributed by atoms with Crippen LogP contribution in [-0.4, -0.2) is 47.9 Å². The van der Waals surface area contributed by atoms with E-state index in [9.17, 15) is 23.8 Å². The molecule has 0 amide bonds. The number of carbonyl (C=O) groups excluding carboxylic acids is 1. The Labute approximate surface area is 222 Å². The predicted molar refractivity (Wildman–Crippen MR) is 145 cm³/mol. The second-order valence-corrected chi connectivity index (χ2v) is 12.5. The lowest BCUT2D eigenvalue weighted by Gasteiger charge is -2.41. The summed E-state index contributed by atoms with van der Waals surface area (Å²) >= 11 is 1.31. The van der Waals surface area contributed by atoms with Gasteiger partial charge in [-0.05, 0) is 49.1 Å². The van der Waals surface area contributed by atoms with Crippen molar-refractivity contribution in [2.45, 2.75) is 57.6 Å². The number of nitrogens with zero attached hydrogens (tertiary/aromatic N) is 2. The van der Waals surface area contributed by atoms with Gasteiger partial charge in [0.2, 0.25) is 0 Å². The van der Waals surface area contributed by atoms with Crippen molar-refractivity contribution in [3.63, 3.8) is 0 Å². The summed E-state index contributed by atoms with van der Waals surface area (Å²) in [5.41, 5.74) is 2.59. The molecule has 0 fully saturated rings. The summed E-state index contributed by atoms with van der Waals surface area (Å²) in [6, 6.07) is 11.0. The number of fused-ring (bicyclic) bond motifs is 1. The first kappa shape index (κ1) is 27.3. The number of hydrogen-bond acceptors (Lipinski definition) is 8. The third-order valence-corrected chi connectivity index (χ3v) is 9.97. The maximum atomic E-state index is 12.1. The Balaban J connectivity index is 1.74. The minimum Gasteiger partial charge on any atom is -0.487 e. The van der Waals surface area contributed by atoms with Gasteiger partial charge in [0.1, 0.15) is 16.7 Å². The fraction of sp³-hybridized carbons (Fsp3) is 0.370. The van der Waals surface area contributed by atoms with E-state index < -0.39 is 28.6 Å². The monoisotopic (exact) mass is 544 g/mol. The number of Topliss-reactive ketones (excluding diaryl/α,β-unsaturated/α-hetero) is 1. The molecule has 0 bridgehead atoms. The number of thiophene rings is 1. The van der Waals surface area contributed by atoms with E-state index in [2.05, 4.69) is 4.98 Å². The summed E-state index contributed by atoms with van der Waals surface area (Å²) in [4.78, 5) is 29.7. The molecule has 3 unspecified atom stereocenters. The standard InChI is InChI=1S/C27H32N2O6S2/c1-5-21-15-29(37(33,34)25-13-28-11-10-22(25)35-21)14-20-12-19(7-6-16(20)2)26(17(3)27(31)32)24-9-8-23(36-24)18(4)30/h6-13,17,21,26,33-34H,5,14-15H2,1-4H3,(H,31,32). The molecule has 3 atom stereocenters. The fourth-order valence-electron chi connectivity index (χ4n) is 4.52. The van der Waals surface area contributed by atoms with E-state index in [1.54, 1.807) is 29.6 Å². The van der Waals surface area contributed by atoms with Crippen LogP contribution in [0, 0.1) is 12.8 Å². The molecule has 37 heavy (non-hydrogen) atoms. The Morgan fingerprint density at radius 3 is 2.65 bits per heavy atom. The highest BCUT2D eigenvalue weighted by atomic mass is 32.3. The van der Waals surface area contributed by atoms with Crippen molar-refractivity contribution in [2.75, 3.05) is 6.54 Å². The van der Waals surface area contributed by atoms with E-state index in [4.69, 9.17) is 4.74 Å². The molecule has 1 aromatic carbocycles. The lowest BCUT2D eigenvalue weighted by molar-refractivity contribution is -0.141. The predicted octanol–water partition coefficient (Wildman–Crippen LogP) is 6.20. The normalized spacial score (nSPS) is 19.7. The molecule has 8 nitrogen and oxygen atoms in total. The van der Waals surface area contributed by atoms with Crippen molar-refractivity contribution >= 4 is 33.9 Å². The van der Waals surface area contributed by atoms with E-state index in [1.807, 2.05) is 38.1 Å². The Morgan fingerprint density at radius 1 is 1.24 bits per heavy atom. The number of hydrogen-bond donors (Lipinski definition) is 3. The first-order chi connectivity index (χ1) is 17.5. The Kier molecular flexibility index (Phi) is 8.05. The molecular formula is C27H32N2O6S2. The summed E-state index contributed by atoms with van der Waals surface area (Å²) < 4.78 is 30.4. The van der Waals surface area contributed by atoms with E-state index in [0.29, 0.717) is 23.6 Å². The van der Waals surface area contributed by atoms with Gasteiger partial charge in [-0.25, -0.2) is 0 Å². The van der Waals surface area contributed by atoms with Gasteiger partial charge in [-0.2, -0.15) is 4.31 Å². The topological polar surface area (TPSA) is 120 Å². The highest BCUT2D eigenvalue weighted by Crippen LogP contribution is 2.57. The molecule has 1 aliphatic rings. The van der Waals surface area contributed by atoms with Gasteiger partial charge in [0.25, 0.3) is 0 Å². The molecule has 3 aromatic rings. The molecule has 0 spiro atoms. The van der Waals surface area contributed by atoms with Crippen molar-refractivity contribution in [3.05, 3.63) is 75.2 Å². The van der Waals surface area contributed by atoms with Crippen LogP contribution in [0.4, 0.5) is 0 Å². The number of benzene rings is 1. The quantitative estimate of drug-likeness (QED) is 0.287. The number of pyridine rings is 1. The number of rotatable bonds is 8. The lowest BCUT2D eigenvalue weighted by atomic mass is 9.84. The first-order valence-corrected chi connectivity index (χ1v) is 14.4. The fourth-order valence-corrected chi connectivity index (χ4v) is 7.22. The smallest absolute Gasteiger partial charge is 0.307 e. The number of aliphatic carboxylic acids is 1. The second-order valence-electron chi connectivity index (χ2n) is 9.36. The first-order valence-electron chi connectivity index (χ1n) is 12.1. The number of carboxylic acids is 1. The third-order valence-electron chi connectivity index (χ3n) is 6.81. The van der Waals surface area contributed by atoms with Gasteiger partial charge >= 0.3 is 5.97 Å². The summed E-state index contributed by atoms with van der Waals surface area (Å²) in [5, 5.41) is 9.87. The molecule has 0 aliphatic carbocycles. The second kappa shape index (κ2) is 10.9. The van der Waals surface area contributed by atoms with Gasteiger partial charge in [0, 0.05) is 29.6 Å². The number of carboxylic acid groups (broad SMARTS) is 1. The van der Waals surface area contributed by atoms with Crippen molar-refractivity contribution in [1.82, 2.24) is 9.29 Å². The molecule has 0 radical (unpaired) electrons. The molecule has 3 N–H and O–H groups in total. The van der Waals surface area contributed by atoms with Gasteiger partial charge in [-0.3, -0.25) is 23.7 Å². The average Bonchev–Trinajstić information content (AvgIpc) is 3.31. The summed E-state index contributed by atoms with van der Waals surface area (Å²) in [5.74, 6) is -1.77. The highest BCUT2D eigenvalue weighted by molar-refractivity contribution is 8.22. The van der Waals surface area contributed by atoms with Crippen LogP contribution < -0.4 is 4.74 Å². The van der Waals surface area contributed by atoms with Gasteiger partial charge in [-0.15, -0.1) is 22.1 Å². The maximum Gasteiger partial charge on any atom is 0.307 e. The van der Waals surface area contributed by atoms with Crippen molar-refractivity contribution < 1.29 is 28.5 Å². The number of ketones is 1. The molecule has 2 aromatic heterocycles. The van der Waals surface area contributed by atoms with E-state index in [-0.39, 0.29) is 23.3 Å². The van der Waals surface area contributed by atoms with Crippen LogP contribution in [0.25, 0.3) is 0 Å². The van der Waals surface area contributed by atoms with Crippen LogP contribution in [0.2, 0.25) is 0 Å². The number of ether oxygens (including phenoxy) is 1.